The number of aliphatic hydroxyl groups is 1. The first-order chi connectivity index (χ1) is 9.67. The summed E-state index contributed by atoms with van der Waals surface area (Å²) in [6, 6.07) is 1.04. The second-order valence-corrected chi connectivity index (χ2v) is 6.57. The third-order valence-electron chi connectivity index (χ3n) is 3.11. The molecule has 0 aliphatic heterocycles. The summed E-state index contributed by atoms with van der Waals surface area (Å²) in [7, 11) is -4.44. The van der Waals surface area contributed by atoms with Gasteiger partial charge in [-0.1, -0.05) is 0 Å². The summed E-state index contributed by atoms with van der Waals surface area (Å²) in [4.78, 5) is -0.989. The number of benzene rings is 1. The van der Waals surface area contributed by atoms with Gasteiger partial charge in [0.15, 0.2) is 0 Å². The SMILES string of the molecule is O=S(=O)(c1ccc(F)cc1C(F)(F)F)N(CCO)C1CC1. The van der Waals surface area contributed by atoms with Crippen LogP contribution in [0.15, 0.2) is 23.1 Å². The predicted molar refractivity (Wildman–Crippen MR) is 65.4 cm³/mol. The van der Waals surface area contributed by atoms with Crippen molar-refractivity contribution in [1.29, 1.82) is 0 Å². The van der Waals surface area contributed by atoms with Gasteiger partial charge in [-0.25, -0.2) is 12.8 Å². The number of hydrogen-bond donors (Lipinski definition) is 1. The highest BCUT2D eigenvalue weighted by Crippen LogP contribution is 2.38. The minimum atomic E-state index is -4.99. The summed E-state index contributed by atoms with van der Waals surface area (Å²) < 4.78 is 77.4. The highest BCUT2D eigenvalue weighted by molar-refractivity contribution is 7.89. The minimum Gasteiger partial charge on any atom is -0.395 e. The summed E-state index contributed by atoms with van der Waals surface area (Å²) in [5.41, 5.74) is -1.54. The summed E-state index contributed by atoms with van der Waals surface area (Å²) in [6.07, 6.45) is -3.93. The number of halogens is 4. The van der Waals surface area contributed by atoms with Gasteiger partial charge in [0.2, 0.25) is 10.0 Å². The smallest absolute Gasteiger partial charge is 0.395 e. The molecule has 1 aliphatic rings. The van der Waals surface area contributed by atoms with E-state index in [9.17, 15) is 26.0 Å². The van der Waals surface area contributed by atoms with E-state index >= 15 is 0 Å². The Morgan fingerprint density at radius 2 is 1.90 bits per heavy atom. The Morgan fingerprint density at radius 3 is 2.38 bits per heavy atom. The van der Waals surface area contributed by atoms with Crippen molar-refractivity contribution in [2.24, 2.45) is 0 Å². The molecule has 4 nitrogen and oxygen atoms in total. The number of rotatable bonds is 5. The molecule has 0 amide bonds. The van der Waals surface area contributed by atoms with Crippen LogP contribution in [-0.2, 0) is 16.2 Å². The Hall–Kier alpha value is -1.19. The van der Waals surface area contributed by atoms with Gasteiger partial charge in [0.05, 0.1) is 17.1 Å². The van der Waals surface area contributed by atoms with E-state index in [1.54, 1.807) is 0 Å². The normalized spacial score (nSPS) is 16.5. The lowest BCUT2D eigenvalue weighted by Crippen LogP contribution is -2.36. The quantitative estimate of drug-likeness (QED) is 0.842. The summed E-state index contributed by atoms with van der Waals surface area (Å²) in [5, 5.41) is 8.91. The highest BCUT2D eigenvalue weighted by Gasteiger charge is 2.43. The Morgan fingerprint density at radius 1 is 1.29 bits per heavy atom. The Bertz CT molecular complexity index is 626. The van der Waals surface area contributed by atoms with E-state index in [2.05, 4.69) is 0 Å². The van der Waals surface area contributed by atoms with Gasteiger partial charge in [-0.3, -0.25) is 0 Å². The van der Waals surface area contributed by atoms with Crippen LogP contribution >= 0.6 is 0 Å². The Labute approximate surface area is 119 Å². The fourth-order valence-corrected chi connectivity index (χ4v) is 3.91. The molecule has 0 bridgehead atoms. The molecule has 1 aromatic rings. The standard InChI is InChI=1S/C12H13F4NO3S/c13-8-1-4-11(10(7-8)12(14,15)16)21(19,20)17(5-6-18)9-2-3-9/h1,4,7,9,18H,2-3,5-6H2. The summed E-state index contributed by atoms with van der Waals surface area (Å²) >= 11 is 0. The molecular formula is C12H13F4NO3S. The lowest BCUT2D eigenvalue weighted by atomic mass is 10.2. The lowest BCUT2D eigenvalue weighted by molar-refractivity contribution is -0.140. The largest absolute Gasteiger partial charge is 0.417 e. The molecule has 0 radical (unpaired) electrons. The van der Waals surface area contributed by atoms with Gasteiger partial charge < -0.3 is 5.11 Å². The zero-order chi connectivity index (χ0) is 15.8. The number of nitrogens with zero attached hydrogens (tertiary/aromatic N) is 1. The number of hydrogen-bond acceptors (Lipinski definition) is 3. The van der Waals surface area contributed by atoms with Crippen LogP contribution in [0.3, 0.4) is 0 Å². The van der Waals surface area contributed by atoms with Gasteiger partial charge in [-0.05, 0) is 31.0 Å². The average Bonchev–Trinajstić information content (AvgIpc) is 3.18. The van der Waals surface area contributed by atoms with Crippen LogP contribution in [0.2, 0.25) is 0 Å². The van der Waals surface area contributed by atoms with E-state index in [1.165, 1.54) is 0 Å². The second kappa shape index (κ2) is 5.54. The van der Waals surface area contributed by atoms with Crippen molar-refractivity contribution < 1.29 is 31.1 Å². The molecule has 118 valence electrons. The zero-order valence-electron chi connectivity index (χ0n) is 10.8. The van der Waals surface area contributed by atoms with E-state index in [4.69, 9.17) is 5.11 Å². The average molecular weight is 327 g/mol. The molecule has 0 atom stereocenters. The molecule has 1 N–H and O–H groups in total. The molecule has 0 heterocycles. The van der Waals surface area contributed by atoms with Crippen LogP contribution in [0.5, 0.6) is 0 Å². The van der Waals surface area contributed by atoms with Crippen molar-refractivity contribution in [3.05, 3.63) is 29.6 Å². The van der Waals surface area contributed by atoms with Crippen LogP contribution in [0.25, 0.3) is 0 Å². The third kappa shape index (κ3) is 3.35. The first-order valence-electron chi connectivity index (χ1n) is 6.17. The molecule has 0 saturated heterocycles. The zero-order valence-corrected chi connectivity index (χ0v) is 11.6. The monoisotopic (exact) mass is 327 g/mol. The van der Waals surface area contributed by atoms with Gasteiger partial charge in [0.25, 0.3) is 0 Å². The fraction of sp³-hybridized carbons (Fsp3) is 0.500. The van der Waals surface area contributed by atoms with Crippen LogP contribution in [0.4, 0.5) is 17.6 Å². The maximum atomic E-state index is 13.0. The second-order valence-electron chi connectivity index (χ2n) is 4.71. The summed E-state index contributed by atoms with van der Waals surface area (Å²) in [5.74, 6) is -1.17. The topological polar surface area (TPSA) is 57.6 Å². The molecule has 1 aromatic carbocycles. The fourth-order valence-electron chi connectivity index (χ4n) is 2.04. The van der Waals surface area contributed by atoms with Crippen molar-refractivity contribution in [3.63, 3.8) is 0 Å². The first kappa shape index (κ1) is 16.2. The van der Waals surface area contributed by atoms with Crippen molar-refractivity contribution in [2.75, 3.05) is 13.2 Å². The van der Waals surface area contributed by atoms with Gasteiger partial charge in [0.1, 0.15) is 5.82 Å². The number of aliphatic hydroxyl groups excluding tert-OH is 1. The Kier molecular flexibility index (Phi) is 4.27. The van der Waals surface area contributed by atoms with E-state index in [0.717, 1.165) is 4.31 Å². The molecule has 0 unspecified atom stereocenters. The van der Waals surface area contributed by atoms with Crippen molar-refractivity contribution in [1.82, 2.24) is 4.31 Å². The maximum absolute atomic E-state index is 13.0. The van der Waals surface area contributed by atoms with Crippen LogP contribution in [0, 0.1) is 5.82 Å². The van der Waals surface area contributed by atoms with Crippen molar-refractivity contribution in [2.45, 2.75) is 30.0 Å². The maximum Gasteiger partial charge on any atom is 0.417 e. The molecule has 0 spiro atoms. The summed E-state index contributed by atoms with van der Waals surface area (Å²) in [6.45, 7) is -0.792. The van der Waals surface area contributed by atoms with E-state index < -0.39 is 45.1 Å². The molecule has 1 aliphatic carbocycles. The minimum absolute atomic E-state index is 0.164. The van der Waals surface area contributed by atoms with Crippen LogP contribution < -0.4 is 0 Å². The third-order valence-corrected chi connectivity index (χ3v) is 5.12. The van der Waals surface area contributed by atoms with E-state index in [0.29, 0.717) is 25.0 Å². The van der Waals surface area contributed by atoms with Gasteiger partial charge in [-0.2, -0.15) is 17.5 Å². The van der Waals surface area contributed by atoms with Crippen molar-refractivity contribution in [3.8, 4) is 0 Å². The Balaban J connectivity index is 2.53. The van der Waals surface area contributed by atoms with Gasteiger partial charge in [0, 0.05) is 12.6 Å². The molecule has 21 heavy (non-hydrogen) atoms. The van der Waals surface area contributed by atoms with Crippen LogP contribution in [0.1, 0.15) is 18.4 Å². The highest BCUT2D eigenvalue weighted by atomic mass is 32.2. The molecule has 0 aromatic heterocycles. The predicted octanol–water partition coefficient (Wildman–Crippen LogP) is 1.99. The molecule has 1 saturated carbocycles. The van der Waals surface area contributed by atoms with Crippen LogP contribution in [-0.4, -0.2) is 37.0 Å². The molecule has 2 rings (SSSR count). The first-order valence-corrected chi connectivity index (χ1v) is 7.61. The molecular weight excluding hydrogens is 314 g/mol. The van der Waals surface area contributed by atoms with E-state index in [1.807, 2.05) is 0 Å². The molecule has 1 fully saturated rings. The number of alkyl halides is 3. The van der Waals surface area contributed by atoms with E-state index in [-0.39, 0.29) is 12.6 Å². The van der Waals surface area contributed by atoms with Gasteiger partial charge >= 0.3 is 6.18 Å². The molecule has 9 heteroatoms. The van der Waals surface area contributed by atoms with Crippen molar-refractivity contribution >= 4 is 10.0 Å². The van der Waals surface area contributed by atoms with Gasteiger partial charge in [-0.15, -0.1) is 0 Å². The number of sulfonamides is 1. The lowest BCUT2D eigenvalue weighted by Gasteiger charge is -2.23.